The van der Waals surface area contributed by atoms with Crippen molar-refractivity contribution in [2.75, 3.05) is 0 Å². The Labute approximate surface area is 161 Å². The van der Waals surface area contributed by atoms with Crippen LogP contribution in [0.3, 0.4) is 0 Å². The molecule has 3 heterocycles. The number of carbonyl (C=O) groups excluding carboxylic acids is 1. The Morgan fingerprint density at radius 1 is 1.19 bits per heavy atom. The number of fused-ring (bicyclic) bond motifs is 1. The molecule has 27 heavy (non-hydrogen) atoms. The molecule has 0 radical (unpaired) electrons. The first kappa shape index (κ1) is 17.4. The highest BCUT2D eigenvalue weighted by atomic mass is 32.1. The third-order valence-electron chi connectivity index (χ3n) is 4.44. The molecule has 3 aromatic heterocycles. The summed E-state index contributed by atoms with van der Waals surface area (Å²) in [7, 11) is 0. The van der Waals surface area contributed by atoms with Gasteiger partial charge in [0.1, 0.15) is 0 Å². The van der Waals surface area contributed by atoms with Crippen molar-refractivity contribution in [3.8, 4) is 0 Å². The Morgan fingerprint density at radius 3 is 2.74 bits per heavy atom. The van der Waals surface area contributed by atoms with Crippen LogP contribution in [0.4, 0.5) is 0 Å². The molecular weight excluding hydrogens is 356 g/mol. The smallest absolute Gasteiger partial charge is 0.252 e. The van der Waals surface area contributed by atoms with Gasteiger partial charge in [0, 0.05) is 17.1 Å². The lowest BCUT2D eigenvalue weighted by atomic mass is 10.1. The quantitative estimate of drug-likeness (QED) is 0.571. The third-order valence-corrected chi connectivity index (χ3v) is 5.30. The molecule has 4 rings (SSSR count). The SMILES string of the molecule is Cc1ccc(CNC(=O)c2cc(C)nc3c2cnn3Cc2cccs2)cc1. The van der Waals surface area contributed by atoms with Crippen molar-refractivity contribution in [1.29, 1.82) is 0 Å². The molecule has 0 saturated carbocycles. The lowest BCUT2D eigenvalue weighted by Crippen LogP contribution is -2.23. The summed E-state index contributed by atoms with van der Waals surface area (Å²) in [5.41, 5.74) is 4.43. The normalized spacial score (nSPS) is 11.0. The highest BCUT2D eigenvalue weighted by Gasteiger charge is 2.16. The zero-order valence-electron chi connectivity index (χ0n) is 15.3. The monoisotopic (exact) mass is 376 g/mol. The number of aromatic nitrogens is 3. The second-order valence-corrected chi connectivity index (χ2v) is 7.63. The van der Waals surface area contributed by atoms with Crippen LogP contribution in [0.15, 0.2) is 54.0 Å². The summed E-state index contributed by atoms with van der Waals surface area (Å²) in [6.07, 6.45) is 1.73. The summed E-state index contributed by atoms with van der Waals surface area (Å²) in [5.74, 6) is -0.109. The number of rotatable bonds is 5. The van der Waals surface area contributed by atoms with Crippen LogP contribution in [-0.2, 0) is 13.1 Å². The number of benzene rings is 1. The second kappa shape index (κ2) is 7.32. The Bertz CT molecular complexity index is 1080. The summed E-state index contributed by atoms with van der Waals surface area (Å²) < 4.78 is 1.85. The van der Waals surface area contributed by atoms with Crippen LogP contribution >= 0.6 is 11.3 Å². The first-order valence-electron chi connectivity index (χ1n) is 8.79. The molecule has 0 unspecified atom stereocenters. The van der Waals surface area contributed by atoms with Gasteiger partial charge >= 0.3 is 0 Å². The fraction of sp³-hybridized carbons (Fsp3) is 0.190. The summed E-state index contributed by atoms with van der Waals surface area (Å²) in [6.45, 7) is 5.10. The van der Waals surface area contributed by atoms with Crippen molar-refractivity contribution in [3.05, 3.63) is 81.3 Å². The number of nitrogens with zero attached hydrogens (tertiary/aromatic N) is 3. The number of thiophene rings is 1. The minimum atomic E-state index is -0.109. The van der Waals surface area contributed by atoms with E-state index in [1.807, 2.05) is 60.3 Å². The lowest BCUT2D eigenvalue weighted by Gasteiger charge is -2.08. The standard InChI is InChI=1S/C21H20N4OS/c1-14-5-7-16(8-6-14)11-22-21(26)18-10-15(2)24-20-19(18)12-23-25(20)13-17-4-3-9-27-17/h3-10,12H,11,13H2,1-2H3,(H,22,26). The molecule has 0 aliphatic carbocycles. The van der Waals surface area contributed by atoms with E-state index in [9.17, 15) is 4.79 Å². The van der Waals surface area contributed by atoms with E-state index in [-0.39, 0.29) is 5.91 Å². The van der Waals surface area contributed by atoms with E-state index in [2.05, 4.69) is 21.5 Å². The average Bonchev–Trinajstić information content (AvgIpc) is 3.31. The Hall–Kier alpha value is -2.99. The molecule has 0 aliphatic heterocycles. The Balaban J connectivity index is 1.60. The lowest BCUT2D eigenvalue weighted by molar-refractivity contribution is 0.0952. The van der Waals surface area contributed by atoms with E-state index in [4.69, 9.17) is 0 Å². The first-order chi connectivity index (χ1) is 13.1. The van der Waals surface area contributed by atoms with Gasteiger partial charge in [-0.3, -0.25) is 4.79 Å². The second-order valence-electron chi connectivity index (χ2n) is 6.60. The van der Waals surface area contributed by atoms with E-state index in [0.717, 1.165) is 22.3 Å². The largest absolute Gasteiger partial charge is 0.348 e. The van der Waals surface area contributed by atoms with Crippen molar-refractivity contribution in [3.63, 3.8) is 0 Å². The maximum absolute atomic E-state index is 12.8. The molecule has 0 fully saturated rings. The van der Waals surface area contributed by atoms with E-state index in [1.54, 1.807) is 17.5 Å². The zero-order valence-corrected chi connectivity index (χ0v) is 16.1. The van der Waals surface area contributed by atoms with Gasteiger partial charge in [0.2, 0.25) is 0 Å². The average molecular weight is 376 g/mol. The topological polar surface area (TPSA) is 59.8 Å². The van der Waals surface area contributed by atoms with Crippen LogP contribution in [-0.4, -0.2) is 20.7 Å². The van der Waals surface area contributed by atoms with Crippen LogP contribution < -0.4 is 5.32 Å². The summed E-state index contributed by atoms with van der Waals surface area (Å²) in [6, 6.07) is 14.1. The van der Waals surface area contributed by atoms with Crippen molar-refractivity contribution in [2.24, 2.45) is 0 Å². The molecule has 0 atom stereocenters. The minimum Gasteiger partial charge on any atom is -0.348 e. The number of hydrogen-bond acceptors (Lipinski definition) is 4. The van der Waals surface area contributed by atoms with E-state index < -0.39 is 0 Å². The van der Waals surface area contributed by atoms with Crippen molar-refractivity contribution in [1.82, 2.24) is 20.1 Å². The highest BCUT2D eigenvalue weighted by molar-refractivity contribution is 7.09. The molecule has 0 bridgehead atoms. The predicted molar refractivity (Wildman–Crippen MR) is 108 cm³/mol. The molecule has 1 amide bonds. The van der Waals surface area contributed by atoms with Gasteiger partial charge < -0.3 is 5.32 Å². The number of pyridine rings is 1. The van der Waals surface area contributed by atoms with Crippen molar-refractivity contribution < 1.29 is 4.79 Å². The van der Waals surface area contributed by atoms with E-state index in [0.29, 0.717) is 18.7 Å². The van der Waals surface area contributed by atoms with Crippen LogP contribution in [0.2, 0.25) is 0 Å². The van der Waals surface area contributed by atoms with Crippen LogP contribution in [0.25, 0.3) is 11.0 Å². The van der Waals surface area contributed by atoms with Gasteiger partial charge in [-0.15, -0.1) is 11.3 Å². The molecule has 4 aromatic rings. The number of amides is 1. The van der Waals surface area contributed by atoms with Gasteiger partial charge in [-0.05, 0) is 36.9 Å². The van der Waals surface area contributed by atoms with Gasteiger partial charge in [-0.2, -0.15) is 5.10 Å². The molecule has 1 N–H and O–H groups in total. The van der Waals surface area contributed by atoms with Gasteiger partial charge in [-0.25, -0.2) is 9.67 Å². The Kier molecular flexibility index (Phi) is 4.73. The molecule has 0 saturated heterocycles. The number of carbonyl (C=O) groups is 1. The maximum Gasteiger partial charge on any atom is 0.252 e. The van der Waals surface area contributed by atoms with Crippen LogP contribution in [0, 0.1) is 13.8 Å². The fourth-order valence-corrected chi connectivity index (χ4v) is 3.70. The number of hydrogen-bond donors (Lipinski definition) is 1. The molecular formula is C21H20N4OS. The molecule has 6 heteroatoms. The predicted octanol–water partition coefficient (Wildman–Crippen LogP) is 4.09. The molecule has 1 aromatic carbocycles. The molecule has 136 valence electrons. The van der Waals surface area contributed by atoms with Crippen molar-refractivity contribution >= 4 is 28.3 Å². The zero-order chi connectivity index (χ0) is 18.8. The Morgan fingerprint density at radius 2 is 2.00 bits per heavy atom. The highest BCUT2D eigenvalue weighted by Crippen LogP contribution is 2.20. The molecule has 0 aliphatic rings. The minimum absolute atomic E-state index is 0.109. The number of nitrogens with one attached hydrogen (secondary N) is 1. The summed E-state index contributed by atoms with van der Waals surface area (Å²) >= 11 is 1.68. The van der Waals surface area contributed by atoms with E-state index >= 15 is 0 Å². The van der Waals surface area contributed by atoms with Gasteiger partial charge in [-0.1, -0.05) is 35.9 Å². The van der Waals surface area contributed by atoms with Crippen LogP contribution in [0.5, 0.6) is 0 Å². The van der Waals surface area contributed by atoms with E-state index in [1.165, 1.54) is 10.4 Å². The van der Waals surface area contributed by atoms with Gasteiger partial charge in [0.15, 0.2) is 5.65 Å². The van der Waals surface area contributed by atoms with Crippen molar-refractivity contribution in [2.45, 2.75) is 26.9 Å². The maximum atomic E-state index is 12.8. The first-order valence-corrected chi connectivity index (χ1v) is 9.67. The fourth-order valence-electron chi connectivity index (χ4n) is 3.01. The number of aryl methyl sites for hydroxylation is 2. The molecule has 5 nitrogen and oxygen atoms in total. The summed E-state index contributed by atoms with van der Waals surface area (Å²) in [5, 5.41) is 10.3. The summed E-state index contributed by atoms with van der Waals surface area (Å²) in [4.78, 5) is 18.6. The van der Waals surface area contributed by atoms with Gasteiger partial charge in [0.25, 0.3) is 5.91 Å². The molecule has 0 spiro atoms. The third kappa shape index (κ3) is 3.75. The van der Waals surface area contributed by atoms with Gasteiger partial charge in [0.05, 0.1) is 23.7 Å². The van der Waals surface area contributed by atoms with Crippen LogP contribution in [0.1, 0.15) is 32.1 Å².